The van der Waals surface area contributed by atoms with Crippen molar-refractivity contribution in [1.82, 2.24) is 0 Å². The minimum Gasteiger partial charge on any atom is -0.449 e. The number of hydrogen-bond donors (Lipinski definition) is 1. The van der Waals surface area contributed by atoms with Gasteiger partial charge in [0.15, 0.2) is 0 Å². The van der Waals surface area contributed by atoms with E-state index >= 15 is 0 Å². The van der Waals surface area contributed by atoms with Crippen LogP contribution >= 0.6 is 0 Å². The molecule has 0 radical (unpaired) electrons. The van der Waals surface area contributed by atoms with E-state index in [1.807, 2.05) is 55.5 Å². The van der Waals surface area contributed by atoms with Crippen LogP contribution in [0.2, 0.25) is 0 Å². The monoisotopic (exact) mass is 284 g/mol. The van der Waals surface area contributed by atoms with Crippen LogP contribution < -0.4 is 10.6 Å². The molecule has 2 aromatic rings. The lowest BCUT2D eigenvalue weighted by Gasteiger charge is -2.23. The minimum absolute atomic E-state index is 0.376. The van der Waals surface area contributed by atoms with Gasteiger partial charge < -0.3 is 10.5 Å². The van der Waals surface area contributed by atoms with Crippen molar-refractivity contribution in [3.05, 3.63) is 60.2 Å². The van der Waals surface area contributed by atoms with Gasteiger partial charge in [0.2, 0.25) is 0 Å². The number of nitrogens with two attached hydrogens (primary N) is 1. The van der Waals surface area contributed by atoms with Crippen molar-refractivity contribution in [3.63, 3.8) is 0 Å². The maximum Gasteiger partial charge on any atom is 0.414 e. The smallest absolute Gasteiger partial charge is 0.414 e. The lowest BCUT2D eigenvalue weighted by molar-refractivity contribution is 0.153. The van der Waals surface area contributed by atoms with Crippen LogP contribution in [0.3, 0.4) is 0 Å². The van der Waals surface area contributed by atoms with Crippen molar-refractivity contribution in [1.29, 1.82) is 0 Å². The van der Waals surface area contributed by atoms with Gasteiger partial charge in [-0.05, 0) is 24.1 Å². The number of amides is 1. The van der Waals surface area contributed by atoms with Crippen LogP contribution in [0.15, 0.2) is 54.6 Å². The molecule has 0 bridgehead atoms. The molecular weight excluding hydrogens is 264 g/mol. The quantitative estimate of drug-likeness (QED) is 0.849. The van der Waals surface area contributed by atoms with Crippen LogP contribution in [-0.4, -0.2) is 12.7 Å². The maximum atomic E-state index is 12.3. The normalized spacial score (nSPS) is 10.1. The van der Waals surface area contributed by atoms with Crippen LogP contribution in [0, 0.1) is 0 Å². The van der Waals surface area contributed by atoms with Gasteiger partial charge >= 0.3 is 6.09 Å². The zero-order valence-electron chi connectivity index (χ0n) is 12.2. The molecule has 0 aliphatic heterocycles. The third kappa shape index (κ3) is 3.99. The Hall–Kier alpha value is -2.49. The highest BCUT2D eigenvalue weighted by Gasteiger charge is 2.19. The van der Waals surface area contributed by atoms with E-state index in [-0.39, 0.29) is 6.09 Å². The molecular formula is C17H20N2O2. The van der Waals surface area contributed by atoms with Gasteiger partial charge in [0.25, 0.3) is 0 Å². The second-order valence-corrected chi connectivity index (χ2v) is 4.74. The topological polar surface area (TPSA) is 55.6 Å². The summed E-state index contributed by atoms with van der Waals surface area (Å²) >= 11 is 0. The second kappa shape index (κ2) is 7.33. The molecule has 0 heterocycles. The van der Waals surface area contributed by atoms with E-state index in [1.165, 1.54) is 0 Å². The Kier molecular flexibility index (Phi) is 5.21. The number of rotatable bonds is 5. The fourth-order valence-electron chi connectivity index (χ4n) is 2.01. The number of nitrogen functional groups attached to an aromatic ring is 1. The van der Waals surface area contributed by atoms with Crippen LogP contribution in [-0.2, 0) is 11.3 Å². The molecule has 4 nitrogen and oxygen atoms in total. The van der Waals surface area contributed by atoms with Crippen LogP contribution in [0.5, 0.6) is 0 Å². The first kappa shape index (κ1) is 14.9. The molecule has 0 aliphatic rings. The van der Waals surface area contributed by atoms with Crippen molar-refractivity contribution in [2.45, 2.75) is 19.9 Å². The summed E-state index contributed by atoms with van der Waals surface area (Å²) in [6.07, 6.45) is 0.411. The number of nitrogens with zero attached hydrogens (tertiary/aromatic N) is 1. The summed E-state index contributed by atoms with van der Waals surface area (Å²) in [5, 5.41) is 0. The molecule has 0 aliphatic carbocycles. The predicted octanol–water partition coefficient (Wildman–Crippen LogP) is 3.82. The fourth-order valence-corrected chi connectivity index (χ4v) is 2.01. The molecule has 110 valence electrons. The lowest BCUT2D eigenvalue weighted by Crippen LogP contribution is -2.31. The largest absolute Gasteiger partial charge is 0.449 e. The second-order valence-electron chi connectivity index (χ2n) is 4.74. The molecule has 0 saturated heterocycles. The molecule has 2 aromatic carbocycles. The van der Waals surface area contributed by atoms with E-state index < -0.39 is 0 Å². The van der Waals surface area contributed by atoms with Gasteiger partial charge in [-0.15, -0.1) is 0 Å². The van der Waals surface area contributed by atoms with Gasteiger partial charge in [0, 0.05) is 0 Å². The molecule has 0 aromatic heterocycles. The van der Waals surface area contributed by atoms with Crippen LogP contribution in [0.1, 0.15) is 18.9 Å². The zero-order chi connectivity index (χ0) is 15.1. The number of para-hydroxylation sites is 2. The number of carbonyl (C=O) groups is 1. The van der Waals surface area contributed by atoms with Crippen molar-refractivity contribution in [2.75, 3.05) is 17.2 Å². The Morgan fingerprint density at radius 2 is 1.76 bits per heavy atom. The van der Waals surface area contributed by atoms with E-state index in [0.717, 1.165) is 12.0 Å². The van der Waals surface area contributed by atoms with E-state index in [0.29, 0.717) is 24.5 Å². The third-order valence-electron chi connectivity index (χ3n) is 3.06. The highest BCUT2D eigenvalue weighted by molar-refractivity contribution is 5.91. The Labute approximate surface area is 125 Å². The van der Waals surface area contributed by atoms with Crippen LogP contribution in [0.25, 0.3) is 0 Å². The fraction of sp³-hybridized carbons (Fsp3) is 0.235. The van der Waals surface area contributed by atoms with Crippen LogP contribution in [0.4, 0.5) is 16.2 Å². The zero-order valence-corrected chi connectivity index (χ0v) is 12.2. The summed E-state index contributed by atoms with van der Waals surface area (Å²) in [6, 6.07) is 17.1. The first-order chi connectivity index (χ1) is 10.2. The molecule has 0 atom stereocenters. The number of anilines is 2. The highest BCUT2D eigenvalue weighted by atomic mass is 16.6. The molecule has 1 amide bonds. The maximum absolute atomic E-state index is 12.3. The van der Waals surface area contributed by atoms with Gasteiger partial charge in [-0.1, -0.05) is 49.4 Å². The van der Waals surface area contributed by atoms with Gasteiger partial charge in [-0.25, -0.2) is 4.79 Å². The standard InChI is InChI=1S/C17H20N2O2/c1-2-12-21-17(20)19(13-14-8-4-3-5-9-14)16-11-7-6-10-15(16)18/h3-11H,2,12-13,18H2,1H3. The Balaban J connectivity index is 2.26. The summed E-state index contributed by atoms with van der Waals surface area (Å²) in [4.78, 5) is 13.9. The molecule has 21 heavy (non-hydrogen) atoms. The van der Waals surface area contributed by atoms with Crippen molar-refractivity contribution < 1.29 is 9.53 Å². The van der Waals surface area contributed by atoms with Gasteiger partial charge in [-0.3, -0.25) is 4.90 Å². The number of ether oxygens (including phenoxy) is 1. The lowest BCUT2D eigenvalue weighted by atomic mass is 10.2. The van der Waals surface area contributed by atoms with Crippen molar-refractivity contribution in [3.8, 4) is 0 Å². The van der Waals surface area contributed by atoms with Crippen molar-refractivity contribution >= 4 is 17.5 Å². The summed E-state index contributed by atoms with van der Waals surface area (Å²) in [7, 11) is 0. The van der Waals surface area contributed by atoms with Gasteiger partial charge in [0.1, 0.15) is 0 Å². The summed E-state index contributed by atoms with van der Waals surface area (Å²) < 4.78 is 5.27. The molecule has 0 saturated carbocycles. The highest BCUT2D eigenvalue weighted by Crippen LogP contribution is 2.25. The number of carbonyl (C=O) groups excluding carboxylic acids is 1. The van der Waals surface area contributed by atoms with Gasteiger partial charge in [-0.2, -0.15) is 0 Å². The SMILES string of the molecule is CCCOC(=O)N(Cc1ccccc1)c1ccccc1N. The molecule has 0 unspecified atom stereocenters. The first-order valence-corrected chi connectivity index (χ1v) is 7.05. The third-order valence-corrected chi connectivity index (χ3v) is 3.06. The number of benzene rings is 2. The predicted molar refractivity (Wildman–Crippen MR) is 85.1 cm³/mol. The Bertz CT molecular complexity index is 584. The molecule has 0 spiro atoms. The van der Waals surface area contributed by atoms with E-state index in [2.05, 4.69) is 0 Å². The Morgan fingerprint density at radius 3 is 2.43 bits per heavy atom. The van der Waals surface area contributed by atoms with Crippen molar-refractivity contribution in [2.24, 2.45) is 0 Å². The molecule has 2 N–H and O–H groups in total. The average Bonchev–Trinajstić information content (AvgIpc) is 2.52. The summed E-state index contributed by atoms with van der Waals surface area (Å²) in [5.41, 5.74) is 8.24. The number of hydrogen-bond acceptors (Lipinski definition) is 3. The molecule has 4 heteroatoms. The van der Waals surface area contributed by atoms with E-state index in [9.17, 15) is 4.79 Å². The molecule has 2 rings (SSSR count). The summed E-state index contributed by atoms with van der Waals surface area (Å²) in [5.74, 6) is 0. The van der Waals surface area contributed by atoms with E-state index in [1.54, 1.807) is 11.0 Å². The van der Waals surface area contributed by atoms with E-state index in [4.69, 9.17) is 10.5 Å². The average molecular weight is 284 g/mol. The first-order valence-electron chi connectivity index (χ1n) is 7.05. The Morgan fingerprint density at radius 1 is 1.10 bits per heavy atom. The minimum atomic E-state index is -0.376. The summed E-state index contributed by atoms with van der Waals surface area (Å²) in [6.45, 7) is 2.79. The van der Waals surface area contributed by atoms with Gasteiger partial charge in [0.05, 0.1) is 24.5 Å². The molecule has 0 fully saturated rings.